The van der Waals surface area contributed by atoms with E-state index in [4.69, 9.17) is 0 Å². The molecule has 0 saturated heterocycles. The Bertz CT molecular complexity index is 521. The fraction of sp³-hybridized carbons (Fsp3) is 0.533. The number of halogens is 1. The van der Waals surface area contributed by atoms with E-state index in [0.29, 0.717) is 0 Å². The molecule has 3 nitrogen and oxygen atoms in total. The van der Waals surface area contributed by atoms with Gasteiger partial charge >= 0.3 is 0 Å². The fourth-order valence-corrected chi connectivity index (χ4v) is 3.59. The molecule has 0 bridgehead atoms. The summed E-state index contributed by atoms with van der Waals surface area (Å²) < 4.78 is 13.6. The van der Waals surface area contributed by atoms with Gasteiger partial charge in [-0.25, -0.2) is 4.39 Å². The van der Waals surface area contributed by atoms with Crippen LogP contribution in [0.2, 0.25) is 0 Å². The fourth-order valence-electron chi connectivity index (χ4n) is 3.59. The molecule has 1 amide bonds. The number of fused-ring (bicyclic) bond motifs is 1. The minimum absolute atomic E-state index is 0.0674. The van der Waals surface area contributed by atoms with Crippen molar-refractivity contribution in [3.8, 4) is 0 Å². The molecule has 1 aliphatic heterocycles. The van der Waals surface area contributed by atoms with Gasteiger partial charge in [-0.05, 0) is 44.9 Å². The predicted octanol–water partition coefficient (Wildman–Crippen LogP) is 3.31. The molecule has 1 aliphatic carbocycles. The van der Waals surface area contributed by atoms with E-state index in [-0.39, 0.29) is 17.8 Å². The quantitative estimate of drug-likeness (QED) is 0.842. The third kappa shape index (κ3) is 1.73. The summed E-state index contributed by atoms with van der Waals surface area (Å²) in [5.74, 6) is -0.188. The molecule has 1 fully saturated rings. The van der Waals surface area contributed by atoms with E-state index in [2.05, 4.69) is 24.1 Å². The van der Waals surface area contributed by atoms with Crippen molar-refractivity contribution in [3.63, 3.8) is 0 Å². The summed E-state index contributed by atoms with van der Waals surface area (Å²) >= 11 is 0. The van der Waals surface area contributed by atoms with E-state index in [1.165, 1.54) is 12.1 Å². The van der Waals surface area contributed by atoms with Gasteiger partial charge in [0, 0.05) is 6.04 Å². The van der Waals surface area contributed by atoms with Gasteiger partial charge in [0.25, 0.3) is 0 Å². The molecule has 0 unspecified atom stereocenters. The highest BCUT2D eigenvalue weighted by Crippen LogP contribution is 2.46. The van der Waals surface area contributed by atoms with Crippen LogP contribution < -0.4 is 10.2 Å². The van der Waals surface area contributed by atoms with Crippen LogP contribution in [0, 0.1) is 5.82 Å². The summed E-state index contributed by atoms with van der Waals surface area (Å²) in [5.41, 5.74) is 1.06. The summed E-state index contributed by atoms with van der Waals surface area (Å²) in [7, 11) is 0. The van der Waals surface area contributed by atoms with Crippen LogP contribution >= 0.6 is 0 Å². The van der Waals surface area contributed by atoms with E-state index in [9.17, 15) is 9.18 Å². The first-order valence-electron chi connectivity index (χ1n) is 6.95. The molecule has 19 heavy (non-hydrogen) atoms. The first-order chi connectivity index (χ1) is 9.04. The average Bonchev–Trinajstić information content (AvgIpc) is 2.81. The number of rotatable bonds is 1. The van der Waals surface area contributed by atoms with Gasteiger partial charge < -0.3 is 10.2 Å². The lowest BCUT2D eigenvalue weighted by molar-refractivity contribution is -0.121. The highest BCUT2D eigenvalue weighted by atomic mass is 19.1. The molecule has 0 aromatic heterocycles. The smallest absolute Gasteiger partial charge is 0.250 e. The van der Waals surface area contributed by atoms with Crippen molar-refractivity contribution in [1.29, 1.82) is 0 Å². The third-order valence-corrected chi connectivity index (χ3v) is 4.30. The van der Waals surface area contributed by atoms with Crippen LogP contribution in [0.1, 0.15) is 39.5 Å². The number of nitrogens with zero attached hydrogens (tertiary/aromatic N) is 1. The molecule has 1 saturated carbocycles. The molecule has 1 spiro atoms. The Labute approximate surface area is 112 Å². The monoisotopic (exact) mass is 262 g/mol. The molecule has 4 heteroatoms. The Hall–Kier alpha value is -1.58. The summed E-state index contributed by atoms with van der Waals surface area (Å²) in [6.07, 6.45) is 3.82. The zero-order valence-corrected chi connectivity index (χ0v) is 11.4. The van der Waals surface area contributed by atoms with Crippen LogP contribution in [0.4, 0.5) is 15.8 Å². The van der Waals surface area contributed by atoms with E-state index in [0.717, 1.165) is 37.1 Å². The highest BCUT2D eigenvalue weighted by Gasteiger charge is 2.50. The van der Waals surface area contributed by atoms with Crippen molar-refractivity contribution < 1.29 is 9.18 Å². The van der Waals surface area contributed by atoms with Crippen LogP contribution in [0.5, 0.6) is 0 Å². The minimum atomic E-state index is -0.477. The molecule has 1 aromatic carbocycles. The van der Waals surface area contributed by atoms with Crippen LogP contribution in [0.15, 0.2) is 18.2 Å². The minimum Gasteiger partial charge on any atom is -0.353 e. The Morgan fingerprint density at radius 1 is 1.32 bits per heavy atom. The molecule has 1 aromatic rings. The highest BCUT2D eigenvalue weighted by molar-refractivity contribution is 6.07. The van der Waals surface area contributed by atoms with E-state index >= 15 is 0 Å². The molecule has 1 heterocycles. The summed E-state index contributed by atoms with van der Waals surface area (Å²) in [6.45, 7) is 4.13. The number of carbonyl (C=O) groups excluding carboxylic acids is 1. The number of anilines is 2. The van der Waals surface area contributed by atoms with Crippen molar-refractivity contribution in [3.05, 3.63) is 24.0 Å². The lowest BCUT2D eigenvalue weighted by Crippen LogP contribution is -2.60. The van der Waals surface area contributed by atoms with Crippen LogP contribution in [-0.4, -0.2) is 17.5 Å². The van der Waals surface area contributed by atoms with Crippen molar-refractivity contribution >= 4 is 17.3 Å². The normalized spacial score (nSPS) is 20.8. The van der Waals surface area contributed by atoms with Crippen LogP contribution in [0.3, 0.4) is 0 Å². The van der Waals surface area contributed by atoms with E-state index in [1.807, 2.05) is 0 Å². The van der Waals surface area contributed by atoms with Crippen molar-refractivity contribution in [2.75, 3.05) is 10.2 Å². The SMILES string of the molecule is CC(C)N1c2cc(F)ccc2NC(=O)C12CCCC2. The van der Waals surface area contributed by atoms with E-state index < -0.39 is 5.54 Å². The zero-order chi connectivity index (χ0) is 13.6. The average molecular weight is 262 g/mol. The molecular weight excluding hydrogens is 243 g/mol. The molecule has 102 valence electrons. The number of nitrogens with one attached hydrogen (secondary N) is 1. The van der Waals surface area contributed by atoms with E-state index in [1.54, 1.807) is 6.07 Å². The maximum absolute atomic E-state index is 13.6. The molecule has 2 aliphatic rings. The van der Waals surface area contributed by atoms with Crippen molar-refractivity contribution in [2.45, 2.75) is 51.1 Å². The van der Waals surface area contributed by atoms with Gasteiger partial charge in [-0.15, -0.1) is 0 Å². The molecule has 1 N–H and O–H groups in total. The van der Waals surface area contributed by atoms with Gasteiger partial charge in [-0.2, -0.15) is 0 Å². The molecule has 0 atom stereocenters. The Morgan fingerprint density at radius 3 is 2.63 bits per heavy atom. The maximum Gasteiger partial charge on any atom is 0.250 e. The van der Waals surface area contributed by atoms with Crippen molar-refractivity contribution in [1.82, 2.24) is 0 Å². The molecule has 0 radical (unpaired) electrons. The van der Waals surface area contributed by atoms with Crippen molar-refractivity contribution in [2.24, 2.45) is 0 Å². The Balaban J connectivity index is 2.17. The Kier molecular flexibility index (Phi) is 2.77. The topological polar surface area (TPSA) is 32.3 Å². The summed E-state index contributed by atoms with van der Waals surface area (Å²) in [4.78, 5) is 14.7. The third-order valence-electron chi connectivity index (χ3n) is 4.30. The first-order valence-corrected chi connectivity index (χ1v) is 6.95. The maximum atomic E-state index is 13.6. The second kappa shape index (κ2) is 4.22. The van der Waals surface area contributed by atoms with Gasteiger partial charge in [0.05, 0.1) is 11.4 Å². The van der Waals surface area contributed by atoms with Gasteiger partial charge in [0.1, 0.15) is 11.4 Å². The van der Waals surface area contributed by atoms with Gasteiger partial charge in [0.15, 0.2) is 0 Å². The summed E-state index contributed by atoms with van der Waals surface area (Å²) in [5, 5.41) is 2.96. The number of hydrogen-bond acceptors (Lipinski definition) is 2. The van der Waals surface area contributed by atoms with Gasteiger partial charge in [-0.3, -0.25) is 4.79 Å². The zero-order valence-electron chi connectivity index (χ0n) is 11.4. The molecule has 3 rings (SSSR count). The second-order valence-corrected chi connectivity index (χ2v) is 5.82. The first kappa shape index (κ1) is 12.5. The molecular formula is C15H19FN2O. The van der Waals surface area contributed by atoms with Gasteiger partial charge in [-0.1, -0.05) is 12.8 Å². The lowest BCUT2D eigenvalue weighted by Gasteiger charge is -2.48. The number of amides is 1. The van der Waals surface area contributed by atoms with Crippen LogP contribution in [0.25, 0.3) is 0 Å². The summed E-state index contributed by atoms with van der Waals surface area (Å²) in [6, 6.07) is 4.75. The second-order valence-electron chi connectivity index (χ2n) is 5.82. The predicted molar refractivity (Wildman–Crippen MR) is 73.8 cm³/mol. The number of carbonyl (C=O) groups is 1. The lowest BCUT2D eigenvalue weighted by atomic mass is 9.88. The standard InChI is InChI=1S/C15H19FN2O/c1-10(2)18-13-9-11(16)5-6-12(13)17-14(19)15(18)7-3-4-8-15/h5-6,9-10H,3-4,7-8H2,1-2H3,(H,17,19). The Morgan fingerprint density at radius 2 is 2.00 bits per heavy atom. The largest absolute Gasteiger partial charge is 0.353 e. The van der Waals surface area contributed by atoms with Crippen LogP contribution in [-0.2, 0) is 4.79 Å². The number of benzene rings is 1. The number of hydrogen-bond donors (Lipinski definition) is 1. The van der Waals surface area contributed by atoms with Gasteiger partial charge in [0.2, 0.25) is 5.91 Å².